The largest absolute Gasteiger partial charge is 0.325 e. The molecule has 156 valence electrons. The highest BCUT2D eigenvalue weighted by Crippen LogP contribution is 2.25. The normalized spacial score (nSPS) is 11.6. The summed E-state index contributed by atoms with van der Waals surface area (Å²) in [5.41, 5.74) is 2.33. The van der Waals surface area contributed by atoms with Gasteiger partial charge in [0.25, 0.3) is 5.56 Å². The minimum absolute atomic E-state index is 0.0562. The predicted octanol–water partition coefficient (Wildman–Crippen LogP) is 4.45. The maximum absolute atomic E-state index is 12.9. The molecule has 3 aromatic heterocycles. The molecule has 1 amide bonds. The van der Waals surface area contributed by atoms with Gasteiger partial charge in [-0.25, -0.2) is 0 Å². The van der Waals surface area contributed by atoms with Crippen LogP contribution in [-0.4, -0.2) is 30.8 Å². The number of benzene rings is 1. The zero-order valence-electron chi connectivity index (χ0n) is 16.7. The summed E-state index contributed by atoms with van der Waals surface area (Å²) in [6, 6.07) is 7.26. The van der Waals surface area contributed by atoms with Crippen LogP contribution < -0.4 is 10.9 Å². The van der Waals surface area contributed by atoms with Crippen molar-refractivity contribution in [3.8, 4) is 0 Å². The molecule has 0 bridgehead atoms. The Morgan fingerprint density at radius 3 is 2.87 bits per heavy atom. The highest BCUT2D eigenvalue weighted by atomic mass is 35.5. The Balaban J connectivity index is 1.64. The van der Waals surface area contributed by atoms with E-state index in [0.29, 0.717) is 32.9 Å². The first-order chi connectivity index (χ1) is 14.3. The standard InChI is InChI=1S/C20H20ClN5O2S2/c1-11(2)9-25-18(28)17-15(6-7-29-17)26-19(25)23-24-20(26)30-10-16(27)22-14-8-13(21)5-4-12(14)3/h4-8,11H,9-10H2,1-3H3,(H,22,27). The Morgan fingerprint density at radius 2 is 2.10 bits per heavy atom. The molecule has 0 aliphatic heterocycles. The summed E-state index contributed by atoms with van der Waals surface area (Å²) in [5, 5.41) is 14.4. The van der Waals surface area contributed by atoms with Gasteiger partial charge in [-0.05, 0) is 42.0 Å². The molecule has 0 spiro atoms. The minimum Gasteiger partial charge on any atom is -0.325 e. The van der Waals surface area contributed by atoms with Crippen LogP contribution in [-0.2, 0) is 11.3 Å². The van der Waals surface area contributed by atoms with Crippen LogP contribution in [0.3, 0.4) is 0 Å². The van der Waals surface area contributed by atoms with Crippen LogP contribution in [0.15, 0.2) is 39.6 Å². The molecule has 0 aliphatic rings. The van der Waals surface area contributed by atoms with Crippen LogP contribution in [0.4, 0.5) is 5.69 Å². The number of aryl methyl sites for hydroxylation is 1. The molecule has 0 unspecified atom stereocenters. The van der Waals surface area contributed by atoms with Crippen molar-refractivity contribution in [1.29, 1.82) is 0 Å². The van der Waals surface area contributed by atoms with E-state index >= 15 is 0 Å². The fraction of sp³-hybridized carbons (Fsp3) is 0.300. The molecule has 30 heavy (non-hydrogen) atoms. The number of amides is 1. The van der Waals surface area contributed by atoms with E-state index in [-0.39, 0.29) is 23.1 Å². The van der Waals surface area contributed by atoms with Gasteiger partial charge < -0.3 is 5.32 Å². The highest BCUT2D eigenvalue weighted by molar-refractivity contribution is 7.99. The Labute approximate surface area is 186 Å². The molecule has 3 heterocycles. The summed E-state index contributed by atoms with van der Waals surface area (Å²) >= 11 is 8.71. The average molecular weight is 462 g/mol. The fourth-order valence-electron chi connectivity index (χ4n) is 3.17. The van der Waals surface area contributed by atoms with E-state index in [1.807, 2.05) is 28.8 Å². The number of carbonyl (C=O) groups is 1. The van der Waals surface area contributed by atoms with Crippen molar-refractivity contribution in [2.75, 3.05) is 11.1 Å². The van der Waals surface area contributed by atoms with Crippen molar-refractivity contribution in [2.24, 2.45) is 5.92 Å². The molecule has 4 aromatic rings. The van der Waals surface area contributed by atoms with Gasteiger partial charge in [0.05, 0.1) is 11.3 Å². The molecule has 0 saturated carbocycles. The number of nitrogens with one attached hydrogen (secondary N) is 1. The summed E-state index contributed by atoms with van der Waals surface area (Å²) in [5.74, 6) is 0.762. The second-order valence-corrected chi connectivity index (χ2v) is 9.65. The number of anilines is 1. The summed E-state index contributed by atoms with van der Waals surface area (Å²) < 4.78 is 4.18. The lowest BCUT2D eigenvalue weighted by Crippen LogP contribution is -2.24. The van der Waals surface area contributed by atoms with Crippen molar-refractivity contribution in [1.82, 2.24) is 19.2 Å². The van der Waals surface area contributed by atoms with Crippen LogP contribution >= 0.6 is 34.7 Å². The lowest BCUT2D eigenvalue weighted by atomic mass is 10.2. The molecule has 7 nitrogen and oxygen atoms in total. The first kappa shape index (κ1) is 20.9. The van der Waals surface area contributed by atoms with Gasteiger partial charge in [0, 0.05) is 17.3 Å². The van der Waals surface area contributed by atoms with E-state index in [4.69, 9.17) is 11.6 Å². The quantitative estimate of drug-likeness (QED) is 0.429. The molecule has 0 radical (unpaired) electrons. The summed E-state index contributed by atoms with van der Waals surface area (Å²) in [4.78, 5) is 25.4. The number of rotatable bonds is 6. The molecule has 0 atom stereocenters. The van der Waals surface area contributed by atoms with E-state index in [2.05, 4.69) is 29.4 Å². The average Bonchev–Trinajstić information content (AvgIpc) is 3.33. The van der Waals surface area contributed by atoms with Gasteiger partial charge in [0.1, 0.15) is 4.70 Å². The van der Waals surface area contributed by atoms with Crippen molar-refractivity contribution in [3.63, 3.8) is 0 Å². The van der Waals surface area contributed by atoms with E-state index in [1.54, 1.807) is 16.7 Å². The van der Waals surface area contributed by atoms with Crippen LogP contribution in [0.2, 0.25) is 5.02 Å². The van der Waals surface area contributed by atoms with Gasteiger partial charge >= 0.3 is 0 Å². The zero-order chi connectivity index (χ0) is 21.4. The van der Waals surface area contributed by atoms with Gasteiger partial charge in [-0.3, -0.25) is 18.6 Å². The van der Waals surface area contributed by atoms with Crippen molar-refractivity contribution in [3.05, 3.63) is 50.6 Å². The summed E-state index contributed by atoms with van der Waals surface area (Å²) in [6.45, 7) is 6.56. The molecule has 4 rings (SSSR count). The number of halogens is 1. The Hall–Kier alpha value is -2.36. The maximum atomic E-state index is 12.9. The second kappa shape index (κ2) is 8.41. The van der Waals surface area contributed by atoms with Gasteiger partial charge in [0.15, 0.2) is 5.16 Å². The monoisotopic (exact) mass is 461 g/mol. The smallest absolute Gasteiger partial charge is 0.272 e. The Morgan fingerprint density at radius 1 is 1.30 bits per heavy atom. The third kappa shape index (κ3) is 3.97. The summed E-state index contributed by atoms with van der Waals surface area (Å²) in [7, 11) is 0. The molecule has 0 aliphatic carbocycles. The van der Waals surface area contributed by atoms with Crippen molar-refractivity contribution < 1.29 is 4.79 Å². The van der Waals surface area contributed by atoms with Crippen LogP contribution in [0, 0.1) is 12.8 Å². The maximum Gasteiger partial charge on any atom is 0.272 e. The van der Waals surface area contributed by atoms with Gasteiger partial charge in [-0.2, -0.15) is 0 Å². The van der Waals surface area contributed by atoms with E-state index in [0.717, 1.165) is 11.1 Å². The predicted molar refractivity (Wildman–Crippen MR) is 123 cm³/mol. The lowest BCUT2D eigenvalue weighted by Gasteiger charge is -2.11. The van der Waals surface area contributed by atoms with Crippen LogP contribution in [0.1, 0.15) is 19.4 Å². The number of thioether (sulfide) groups is 1. The number of thiophene rings is 1. The third-order valence-electron chi connectivity index (χ3n) is 4.54. The van der Waals surface area contributed by atoms with E-state index < -0.39 is 0 Å². The van der Waals surface area contributed by atoms with E-state index in [1.165, 1.54) is 23.1 Å². The number of carbonyl (C=O) groups excluding carboxylic acids is 1. The first-order valence-electron chi connectivity index (χ1n) is 9.39. The topological polar surface area (TPSA) is 81.3 Å². The molecular weight excluding hydrogens is 442 g/mol. The van der Waals surface area contributed by atoms with Gasteiger partial charge in [-0.1, -0.05) is 43.3 Å². The zero-order valence-corrected chi connectivity index (χ0v) is 19.1. The number of aromatic nitrogens is 4. The summed E-state index contributed by atoms with van der Waals surface area (Å²) in [6.07, 6.45) is 0. The Bertz CT molecular complexity index is 1310. The molecule has 10 heteroatoms. The highest BCUT2D eigenvalue weighted by Gasteiger charge is 2.19. The van der Waals surface area contributed by atoms with Crippen LogP contribution in [0.25, 0.3) is 16.0 Å². The minimum atomic E-state index is -0.167. The number of fused-ring (bicyclic) bond motifs is 3. The lowest BCUT2D eigenvalue weighted by molar-refractivity contribution is -0.113. The van der Waals surface area contributed by atoms with E-state index in [9.17, 15) is 9.59 Å². The molecule has 1 aromatic carbocycles. The van der Waals surface area contributed by atoms with Crippen LogP contribution in [0.5, 0.6) is 0 Å². The SMILES string of the molecule is Cc1ccc(Cl)cc1NC(=O)CSc1nnc2n(CC(C)C)c(=O)c3sccc3n12. The second-order valence-electron chi connectivity index (χ2n) is 7.36. The molecular formula is C20H20ClN5O2S2. The first-order valence-corrected chi connectivity index (χ1v) is 11.6. The molecule has 0 saturated heterocycles. The Kier molecular flexibility index (Phi) is 5.86. The van der Waals surface area contributed by atoms with Gasteiger partial charge in [0.2, 0.25) is 11.7 Å². The van der Waals surface area contributed by atoms with Gasteiger partial charge in [-0.15, -0.1) is 21.5 Å². The van der Waals surface area contributed by atoms with Crippen molar-refractivity contribution >= 4 is 62.3 Å². The third-order valence-corrected chi connectivity index (χ3v) is 6.59. The number of nitrogens with zero attached hydrogens (tertiary/aromatic N) is 4. The molecule has 1 N–H and O–H groups in total. The fourth-order valence-corrected chi connectivity index (χ4v) is 4.90. The van der Waals surface area contributed by atoms with Crippen molar-refractivity contribution in [2.45, 2.75) is 32.5 Å². The number of hydrogen-bond acceptors (Lipinski definition) is 6. The number of hydrogen-bond donors (Lipinski definition) is 1. The molecule has 0 fully saturated rings.